The van der Waals surface area contributed by atoms with Gasteiger partial charge in [0.2, 0.25) is 0 Å². The number of halogens is 1. The predicted octanol–water partition coefficient (Wildman–Crippen LogP) is 6.37. The first-order chi connectivity index (χ1) is 18.9. The van der Waals surface area contributed by atoms with Gasteiger partial charge in [-0.05, 0) is 83.1 Å². The van der Waals surface area contributed by atoms with Crippen molar-refractivity contribution < 1.29 is 14.3 Å². The van der Waals surface area contributed by atoms with Gasteiger partial charge in [-0.2, -0.15) is 0 Å². The molecule has 0 bridgehead atoms. The molecule has 2 aliphatic heterocycles. The Morgan fingerprint density at radius 2 is 1.80 bits per heavy atom. The average molecular weight is 604 g/mol. The lowest BCUT2D eigenvalue weighted by Gasteiger charge is -2.44. The highest BCUT2D eigenvalue weighted by Crippen LogP contribution is 2.52. The number of ether oxygens (including phenoxy) is 2. The molecule has 1 amide bonds. The molecule has 2 fully saturated rings. The van der Waals surface area contributed by atoms with E-state index < -0.39 is 13.9 Å². The van der Waals surface area contributed by atoms with Crippen LogP contribution in [0.1, 0.15) is 59.8 Å². The minimum atomic E-state index is -0.973. The van der Waals surface area contributed by atoms with E-state index in [-0.39, 0.29) is 23.9 Å². The zero-order valence-electron chi connectivity index (χ0n) is 24.5. The first-order valence-electron chi connectivity index (χ1n) is 14.4. The van der Waals surface area contributed by atoms with E-state index in [0.29, 0.717) is 39.3 Å². The van der Waals surface area contributed by atoms with Crippen molar-refractivity contribution in [2.24, 2.45) is 5.92 Å². The Kier molecular flexibility index (Phi) is 8.41. The molecule has 3 aliphatic rings. The average Bonchev–Trinajstić information content (AvgIpc) is 3.29. The van der Waals surface area contributed by atoms with Crippen LogP contribution in [0.25, 0.3) is 0 Å². The number of benzene rings is 1. The number of hydrogen-bond donors (Lipinski definition) is 2. The standard InChI is InChI=1S/C30H42ClN3O4SSi/c1-18-15-25(39-4)23(29(36)33-18)17-32-28(35)22-16-24(31)27-26(19(22)2)37-30(3,38-27)20-7-9-21(10-8-20)34-11-13-40(5,6)14-12-34/h15-16,20-21H,7-14,17H2,1-6H3,(H,32,35)(H,33,36)/t20-,21+,30-/m0/s1. The van der Waals surface area contributed by atoms with Gasteiger partial charge in [0.15, 0.2) is 11.5 Å². The second-order valence-corrected chi connectivity index (χ2v) is 19.2. The van der Waals surface area contributed by atoms with Gasteiger partial charge in [0, 0.05) is 60.8 Å². The monoisotopic (exact) mass is 603 g/mol. The summed E-state index contributed by atoms with van der Waals surface area (Å²) in [6.07, 6.45) is 6.31. The number of amides is 1. The fourth-order valence-corrected chi connectivity index (χ4v) is 9.48. The van der Waals surface area contributed by atoms with Crippen molar-refractivity contribution in [2.45, 2.75) is 94.9 Å². The van der Waals surface area contributed by atoms with Gasteiger partial charge in [0.25, 0.3) is 17.3 Å². The van der Waals surface area contributed by atoms with Crippen LogP contribution >= 0.6 is 23.4 Å². The summed E-state index contributed by atoms with van der Waals surface area (Å²) in [7, 11) is -0.973. The Hall–Kier alpha value is -1.94. The Bertz CT molecular complexity index is 1350. The summed E-state index contributed by atoms with van der Waals surface area (Å²) in [5, 5.41) is 3.27. The molecule has 0 unspecified atom stereocenters. The predicted molar refractivity (Wildman–Crippen MR) is 165 cm³/mol. The molecule has 1 saturated heterocycles. The van der Waals surface area contributed by atoms with Crippen molar-refractivity contribution in [3.05, 3.63) is 49.9 Å². The Labute approximate surface area is 247 Å². The number of aromatic amines is 1. The van der Waals surface area contributed by atoms with Gasteiger partial charge in [0.05, 0.1) is 5.02 Å². The van der Waals surface area contributed by atoms with Crippen molar-refractivity contribution in [2.75, 3.05) is 19.3 Å². The lowest BCUT2D eigenvalue weighted by atomic mass is 9.80. The quantitative estimate of drug-likeness (QED) is 0.295. The van der Waals surface area contributed by atoms with Gasteiger partial charge in [-0.25, -0.2) is 0 Å². The number of H-pyrrole nitrogens is 1. The minimum Gasteiger partial charge on any atom is -0.448 e. The molecular weight excluding hydrogens is 562 g/mol. The third-order valence-electron chi connectivity index (χ3n) is 9.27. The lowest BCUT2D eigenvalue weighted by molar-refractivity contribution is -0.124. The Balaban J connectivity index is 1.26. The SMILES string of the molecule is CSc1cc(C)[nH]c(=O)c1CNC(=O)c1cc(Cl)c2c(c1C)O[C@](C)([C@H]1CC[C@@H](N3CC[Si](C)(C)CC3)CC1)O2. The summed E-state index contributed by atoms with van der Waals surface area (Å²) in [4.78, 5) is 32.2. The normalized spacial score (nSPS) is 26.1. The first kappa shape index (κ1) is 29.5. The van der Waals surface area contributed by atoms with Crippen LogP contribution in [-0.4, -0.2) is 55.0 Å². The third-order valence-corrected chi connectivity index (χ3v) is 13.5. The van der Waals surface area contributed by atoms with Gasteiger partial charge >= 0.3 is 0 Å². The van der Waals surface area contributed by atoms with Crippen LogP contribution in [0.5, 0.6) is 11.5 Å². The summed E-state index contributed by atoms with van der Waals surface area (Å²) >= 11 is 8.15. The van der Waals surface area contributed by atoms with E-state index in [9.17, 15) is 9.59 Å². The van der Waals surface area contributed by atoms with Gasteiger partial charge in [-0.15, -0.1) is 11.8 Å². The molecule has 1 aliphatic carbocycles. The minimum absolute atomic E-state index is 0.119. The highest BCUT2D eigenvalue weighted by Gasteiger charge is 2.48. The molecule has 2 aromatic rings. The van der Waals surface area contributed by atoms with E-state index in [1.807, 2.05) is 33.1 Å². The summed E-state index contributed by atoms with van der Waals surface area (Å²) < 4.78 is 13.0. The largest absolute Gasteiger partial charge is 0.448 e. The lowest BCUT2D eigenvalue weighted by Crippen LogP contribution is -2.50. The van der Waals surface area contributed by atoms with Gasteiger partial charge in [-0.1, -0.05) is 24.7 Å². The fourth-order valence-electron chi connectivity index (χ4n) is 6.51. The number of hydrogen-bond acceptors (Lipinski definition) is 6. The van der Waals surface area contributed by atoms with E-state index in [1.54, 1.807) is 6.07 Å². The Morgan fingerprint density at radius 3 is 2.45 bits per heavy atom. The van der Waals surface area contributed by atoms with Crippen molar-refractivity contribution in [1.82, 2.24) is 15.2 Å². The van der Waals surface area contributed by atoms with Gasteiger partial charge in [-0.3, -0.25) is 9.59 Å². The van der Waals surface area contributed by atoms with E-state index in [1.165, 1.54) is 36.9 Å². The number of nitrogens with zero attached hydrogens (tertiary/aromatic N) is 1. The number of aromatic nitrogens is 1. The second kappa shape index (κ2) is 11.4. The molecular formula is C30H42ClN3O4SSi. The molecule has 0 radical (unpaired) electrons. The fraction of sp³-hybridized carbons (Fsp3) is 0.600. The topological polar surface area (TPSA) is 83.7 Å². The molecule has 1 aromatic carbocycles. The second-order valence-electron chi connectivity index (χ2n) is 12.6. The molecule has 1 atom stereocenters. The maximum Gasteiger partial charge on any atom is 0.254 e. The van der Waals surface area contributed by atoms with E-state index in [4.69, 9.17) is 21.1 Å². The summed E-state index contributed by atoms with van der Waals surface area (Å²) in [5.41, 5.74) is 2.25. The zero-order valence-corrected chi connectivity index (χ0v) is 27.1. The maximum absolute atomic E-state index is 13.3. The number of thioether (sulfide) groups is 1. The number of rotatable bonds is 6. The molecule has 5 rings (SSSR count). The van der Waals surface area contributed by atoms with Crippen molar-refractivity contribution in [3.8, 4) is 11.5 Å². The van der Waals surface area contributed by atoms with E-state index >= 15 is 0 Å². The number of nitrogens with one attached hydrogen (secondary N) is 2. The first-order valence-corrected chi connectivity index (χ1v) is 19.4. The summed E-state index contributed by atoms with van der Waals surface area (Å²) in [5.74, 6) is 0.194. The van der Waals surface area contributed by atoms with Crippen LogP contribution in [0.4, 0.5) is 0 Å². The van der Waals surface area contributed by atoms with Crippen molar-refractivity contribution in [3.63, 3.8) is 0 Å². The van der Waals surface area contributed by atoms with Gasteiger partial charge in [0.1, 0.15) is 0 Å². The number of aryl methyl sites for hydroxylation is 1. The molecule has 1 saturated carbocycles. The highest BCUT2D eigenvalue weighted by atomic mass is 35.5. The van der Waals surface area contributed by atoms with Gasteiger partial charge < -0.3 is 24.7 Å². The van der Waals surface area contributed by atoms with E-state index in [0.717, 1.165) is 36.3 Å². The molecule has 218 valence electrons. The summed E-state index contributed by atoms with van der Waals surface area (Å²) in [6, 6.07) is 7.02. The van der Waals surface area contributed by atoms with Crippen molar-refractivity contribution in [1.29, 1.82) is 0 Å². The van der Waals surface area contributed by atoms with Crippen molar-refractivity contribution >= 4 is 37.3 Å². The summed E-state index contributed by atoms with van der Waals surface area (Å²) in [6.45, 7) is 13.4. The number of carbonyl (C=O) groups excluding carboxylic acids is 1. The van der Waals surface area contributed by atoms with Crippen LogP contribution in [0.3, 0.4) is 0 Å². The number of pyridine rings is 1. The number of fused-ring (bicyclic) bond motifs is 1. The third kappa shape index (κ3) is 5.85. The highest BCUT2D eigenvalue weighted by molar-refractivity contribution is 7.98. The van der Waals surface area contributed by atoms with Crippen LogP contribution < -0.4 is 20.3 Å². The van der Waals surface area contributed by atoms with Crippen LogP contribution in [-0.2, 0) is 6.54 Å². The molecule has 7 nitrogen and oxygen atoms in total. The molecule has 1 aromatic heterocycles. The molecule has 3 heterocycles. The molecule has 0 spiro atoms. The number of carbonyl (C=O) groups is 1. The van der Waals surface area contributed by atoms with Crippen LogP contribution in [0, 0.1) is 19.8 Å². The van der Waals surface area contributed by atoms with Crippen LogP contribution in [0.15, 0.2) is 21.8 Å². The van der Waals surface area contributed by atoms with Crippen LogP contribution in [0.2, 0.25) is 30.2 Å². The maximum atomic E-state index is 13.3. The molecule has 2 N–H and O–H groups in total. The zero-order chi connectivity index (χ0) is 28.8. The molecule has 40 heavy (non-hydrogen) atoms. The Morgan fingerprint density at radius 1 is 1.15 bits per heavy atom. The molecule has 10 heteroatoms. The smallest absolute Gasteiger partial charge is 0.254 e. The van der Waals surface area contributed by atoms with E-state index in [2.05, 4.69) is 28.3 Å².